The number of carbonyl (C=O) groups excluding carboxylic acids is 4. The third-order valence-electron chi connectivity index (χ3n) is 5.64. The van der Waals surface area contributed by atoms with E-state index in [-0.39, 0.29) is 37.6 Å². The summed E-state index contributed by atoms with van der Waals surface area (Å²) in [7, 11) is 0. The highest BCUT2D eigenvalue weighted by Crippen LogP contribution is 2.10. The number of amides is 4. The molecule has 4 amide bonds. The summed E-state index contributed by atoms with van der Waals surface area (Å²) in [5.41, 5.74) is 21.7. The van der Waals surface area contributed by atoms with Crippen molar-refractivity contribution in [2.75, 3.05) is 18.6 Å². The van der Waals surface area contributed by atoms with Crippen molar-refractivity contribution in [2.24, 2.45) is 33.8 Å². The van der Waals surface area contributed by atoms with E-state index in [1.165, 1.54) is 11.8 Å². The van der Waals surface area contributed by atoms with E-state index in [2.05, 4.69) is 20.9 Å². The first-order valence-electron chi connectivity index (χ1n) is 12.1. The molecule has 0 saturated heterocycles. The van der Waals surface area contributed by atoms with Crippen LogP contribution < -0.4 is 38.9 Å². The first-order chi connectivity index (χ1) is 17.3. The predicted octanol–water partition coefficient (Wildman–Crippen LogP) is -2.03. The number of aliphatic imine (C=N–C) groups is 1. The Balaban J connectivity index is 5.48. The Kier molecular flexibility index (Phi) is 16.7. The van der Waals surface area contributed by atoms with Gasteiger partial charge in [0.2, 0.25) is 23.6 Å². The number of nitrogens with one attached hydrogen (secondary N) is 3. The van der Waals surface area contributed by atoms with Crippen molar-refractivity contribution in [1.82, 2.24) is 16.0 Å². The van der Waals surface area contributed by atoms with Gasteiger partial charge in [0.25, 0.3) is 0 Å². The summed E-state index contributed by atoms with van der Waals surface area (Å²) >= 11 is 1.45. The lowest BCUT2D eigenvalue weighted by molar-refractivity contribution is -0.144. The fourth-order valence-electron chi connectivity index (χ4n) is 3.20. The monoisotopic (exact) mass is 546 g/mol. The van der Waals surface area contributed by atoms with Crippen LogP contribution in [0.1, 0.15) is 52.4 Å². The molecule has 14 nitrogen and oxygen atoms in total. The van der Waals surface area contributed by atoms with Crippen molar-refractivity contribution in [1.29, 1.82) is 0 Å². The molecular weight excluding hydrogens is 504 g/mol. The quantitative estimate of drug-likeness (QED) is 0.0500. The van der Waals surface area contributed by atoms with E-state index < -0.39 is 53.8 Å². The zero-order valence-electron chi connectivity index (χ0n) is 21.7. The third-order valence-corrected chi connectivity index (χ3v) is 6.28. The minimum atomic E-state index is -1.24. The summed E-state index contributed by atoms with van der Waals surface area (Å²) in [5, 5.41) is 17.1. The van der Waals surface area contributed by atoms with Crippen LogP contribution in [0.15, 0.2) is 4.99 Å². The average Bonchev–Trinajstić information content (AvgIpc) is 2.83. The molecule has 5 atom stereocenters. The maximum Gasteiger partial charge on any atom is 0.326 e. The summed E-state index contributed by atoms with van der Waals surface area (Å²) in [6.07, 6.45) is 2.92. The van der Waals surface area contributed by atoms with Crippen LogP contribution in [-0.4, -0.2) is 83.4 Å². The molecule has 0 bridgehead atoms. The first-order valence-corrected chi connectivity index (χ1v) is 13.4. The fourth-order valence-corrected chi connectivity index (χ4v) is 3.67. The summed E-state index contributed by atoms with van der Waals surface area (Å²) < 4.78 is 0. The number of carboxylic acid groups (broad SMARTS) is 1. The van der Waals surface area contributed by atoms with Crippen LogP contribution in [0.4, 0.5) is 0 Å². The lowest BCUT2D eigenvalue weighted by atomic mass is 9.98. The van der Waals surface area contributed by atoms with E-state index in [0.29, 0.717) is 25.1 Å². The second-order valence-electron chi connectivity index (χ2n) is 8.67. The molecule has 5 unspecified atom stereocenters. The number of hydrogen-bond donors (Lipinski definition) is 8. The molecule has 212 valence electrons. The number of carboxylic acids is 1. The van der Waals surface area contributed by atoms with Gasteiger partial charge in [0.05, 0.1) is 6.04 Å². The van der Waals surface area contributed by atoms with Crippen molar-refractivity contribution in [3.05, 3.63) is 0 Å². The second kappa shape index (κ2) is 18.2. The zero-order valence-corrected chi connectivity index (χ0v) is 22.5. The van der Waals surface area contributed by atoms with Gasteiger partial charge in [0, 0.05) is 13.0 Å². The lowest BCUT2D eigenvalue weighted by Gasteiger charge is -2.26. The molecular formula is C22H42N8O6S. The second-order valence-corrected chi connectivity index (χ2v) is 9.66. The van der Waals surface area contributed by atoms with Gasteiger partial charge >= 0.3 is 5.97 Å². The SMILES string of the molecule is CCC(C)C(NC(=O)C(CCC(N)=O)NC(=O)C(CCSC)NC(=O)C(N)CCCN=C(N)N)C(=O)O. The number of primary amides is 1. The average molecular weight is 547 g/mol. The molecule has 0 spiro atoms. The van der Waals surface area contributed by atoms with Gasteiger partial charge in [-0.1, -0.05) is 20.3 Å². The summed E-state index contributed by atoms with van der Waals surface area (Å²) in [6.45, 7) is 3.75. The van der Waals surface area contributed by atoms with Gasteiger partial charge in [0.15, 0.2) is 5.96 Å². The summed E-state index contributed by atoms with van der Waals surface area (Å²) in [4.78, 5) is 65.4. The molecule has 0 heterocycles. The Morgan fingerprint density at radius 1 is 0.919 bits per heavy atom. The Labute approximate surface area is 221 Å². The number of guanidine groups is 1. The van der Waals surface area contributed by atoms with Crippen LogP contribution in [0.5, 0.6) is 0 Å². The highest BCUT2D eigenvalue weighted by atomic mass is 32.2. The Hall–Kier alpha value is -3.07. The smallest absolute Gasteiger partial charge is 0.326 e. The van der Waals surface area contributed by atoms with Crippen molar-refractivity contribution >= 4 is 47.3 Å². The fraction of sp³-hybridized carbons (Fsp3) is 0.727. The molecule has 0 aromatic carbocycles. The maximum absolute atomic E-state index is 13.1. The largest absolute Gasteiger partial charge is 0.480 e. The molecule has 0 aliphatic rings. The van der Waals surface area contributed by atoms with E-state index in [1.54, 1.807) is 13.8 Å². The van der Waals surface area contributed by atoms with Gasteiger partial charge in [-0.05, 0) is 43.6 Å². The van der Waals surface area contributed by atoms with Crippen LogP contribution in [0.2, 0.25) is 0 Å². The van der Waals surface area contributed by atoms with Crippen LogP contribution in [0.3, 0.4) is 0 Å². The van der Waals surface area contributed by atoms with Gasteiger partial charge in [-0.2, -0.15) is 11.8 Å². The number of nitrogens with zero attached hydrogens (tertiary/aromatic N) is 1. The standard InChI is InChI=1S/C22H42N8O6S/c1-4-12(2)17(21(35)36)30-20(34)14(7-8-16(24)31)29-19(33)15(9-11-37-3)28-18(32)13(23)6-5-10-27-22(25)26/h12-15,17H,4-11,23H2,1-3H3,(H2,24,31)(H,28,32)(H,29,33)(H,30,34)(H,35,36)(H4,25,26,27). The molecule has 15 heteroatoms. The van der Waals surface area contributed by atoms with E-state index >= 15 is 0 Å². The number of thioether (sulfide) groups is 1. The number of nitrogens with two attached hydrogens (primary N) is 4. The van der Waals surface area contributed by atoms with Gasteiger partial charge in [-0.15, -0.1) is 0 Å². The Bertz CT molecular complexity index is 808. The molecule has 0 aromatic heterocycles. The van der Waals surface area contributed by atoms with Crippen LogP contribution >= 0.6 is 11.8 Å². The Morgan fingerprint density at radius 2 is 1.49 bits per heavy atom. The Morgan fingerprint density at radius 3 is 2.00 bits per heavy atom. The van der Waals surface area contributed by atoms with E-state index in [0.717, 1.165) is 0 Å². The molecule has 0 saturated carbocycles. The number of rotatable bonds is 19. The number of carbonyl (C=O) groups is 5. The molecule has 37 heavy (non-hydrogen) atoms. The van der Waals surface area contributed by atoms with E-state index in [9.17, 15) is 29.1 Å². The minimum Gasteiger partial charge on any atom is -0.480 e. The van der Waals surface area contributed by atoms with Crippen molar-refractivity contribution in [3.8, 4) is 0 Å². The summed E-state index contributed by atoms with van der Waals surface area (Å²) in [5.74, 6) is -3.85. The molecule has 0 radical (unpaired) electrons. The van der Waals surface area contributed by atoms with Crippen LogP contribution in [0.25, 0.3) is 0 Å². The van der Waals surface area contributed by atoms with Crippen molar-refractivity contribution in [2.45, 2.75) is 76.5 Å². The van der Waals surface area contributed by atoms with E-state index in [1.807, 2.05) is 6.26 Å². The lowest BCUT2D eigenvalue weighted by Crippen LogP contribution is -2.58. The molecule has 0 aromatic rings. The minimum absolute atomic E-state index is 0.0689. The van der Waals surface area contributed by atoms with Crippen LogP contribution in [0, 0.1) is 5.92 Å². The highest BCUT2D eigenvalue weighted by Gasteiger charge is 2.32. The van der Waals surface area contributed by atoms with Crippen molar-refractivity contribution < 1.29 is 29.1 Å². The highest BCUT2D eigenvalue weighted by molar-refractivity contribution is 7.98. The normalized spacial score (nSPS) is 14.8. The third kappa shape index (κ3) is 14.3. The molecule has 0 rings (SSSR count). The molecule has 12 N–H and O–H groups in total. The number of hydrogen-bond acceptors (Lipinski definition) is 8. The van der Waals surface area contributed by atoms with Crippen LogP contribution in [-0.2, 0) is 24.0 Å². The summed E-state index contributed by atoms with van der Waals surface area (Å²) in [6, 6.07) is -4.36. The zero-order chi connectivity index (χ0) is 28.5. The predicted molar refractivity (Wildman–Crippen MR) is 142 cm³/mol. The topological polar surface area (TPSA) is 258 Å². The molecule has 0 aliphatic carbocycles. The maximum atomic E-state index is 13.1. The van der Waals surface area contributed by atoms with Gasteiger partial charge in [-0.3, -0.25) is 24.2 Å². The van der Waals surface area contributed by atoms with E-state index in [4.69, 9.17) is 22.9 Å². The first kappa shape index (κ1) is 33.9. The number of aliphatic carboxylic acids is 1. The molecule has 0 fully saturated rings. The van der Waals surface area contributed by atoms with Gasteiger partial charge < -0.3 is 44.0 Å². The van der Waals surface area contributed by atoms with Crippen molar-refractivity contribution in [3.63, 3.8) is 0 Å². The molecule has 0 aliphatic heterocycles. The van der Waals surface area contributed by atoms with Gasteiger partial charge in [0.1, 0.15) is 18.1 Å². The van der Waals surface area contributed by atoms with Gasteiger partial charge in [-0.25, -0.2) is 4.79 Å².